The number of para-hydroxylation sites is 1. The summed E-state index contributed by atoms with van der Waals surface area (Å²) in [6.07, 6.45) is 1.21. The number of hydrazone groups is 1. The fraction of sp³-hybridized carbons (Fsp3) is 0. The van der Waals surface area contributed by atoms with E-state index in [1.165, 1.54) is 24.4 Å². The van der Waals surface area contributed by atoms with Crippen LogP contribution in [0.25, 0.3) is 0 Å². The van der Waals surface area contributed by atoms with Gasteiger partial charge in [0.2, 0.25) is 0 Å². The lowest BCUT2D eigenvalue weighted by molar-refractivity contribution is -0.384. The molecule has 2 aromatic rings. The smallest absolute Gasteiger partial charge is 0.318 e. The van der Waals surface area contributed by atoms with Crippen molar-refractivity contribution >= 4 is 29.4 Å². The summed E-state index contributed by atoms with van der Waals surface area (Å²) in [5, 5.41) is 16.6. The molecule has 0 heterocycles. The van der Waals surface area contributed by atoms with Gasteiger partial charge in [0.25, 0.3) is 5.69 Å². The molecular formula is C15H12N4O4. The maximum absolute atomic E-state index is 11.6. The molecule has 0 atom stereocenters. The first-order chi connectivity index (χ1) is 11.1. The Bertz CT molecular complexity index is 759. The second-order valence-electron chi connectivity index (χ2n) is 4.37. The van der Waals surface area contributed by atoms with Crippen molar-refractivity contribution < 1.29 is 14.5 Å². The Morgan fingerprint density at radius 1 is 1.04 bits per heavy atom. The van der Waals surface area contributed by atoms with E-state index in [2.05, 4.69) is 10.4 Å². The van der Waals surface area contributed by atoms with E-state index in [1.807, 2.05) is 5.43 Å². The van der Waals surface area contributed by atoms with Crippen molar-refractivity contribution in [2.45, 2.75) is 0 Å². The largest absolute Gasteiger partial charge is 0.329 e. The van der Waals surface area contributed by atoms with Gasteiger partial charge in [-0.05, 0) is 12.1 Å². The van der Waals surface area contributed by atoms with Gasteiger partial charge in [-0.3, -0.25) is 19.7 Å². The number of benzene rings is 2. The average molecular weight is 312 g/mol. The van der Waals surface area contributed by atoms with Crippen molar-refractivity contribution in [2.75, 3.05) is 5.32 Å². The van der Waals surface area contributed by atoms with Crippen LogP contribution in [-0.4, -0.2) is 23.0 Å². The highest BCUT2D eigenvalue weighted by Gasteiger charge is 2.12. The van der Waals surface area contributed by atoms with E-state index in [1.54, 1.807) is 36.4 Å². The molecule has 0 aliphatic heterocycles. The van der Waals surface area contributed by atoms with Crippen molar-refractivity contribution in [3.05, 3.63) is 70.3 Å². The molecule has 0 aliphatic rings. The SMILES string of the molecule is O=C(NN=Cc1cccc([N+](=O)[O-])c1)C(=O)Nc1ccccc1. The van der Waals surface area contributed by atoms with Crippen LogP contribution in [0.5, 0.6) is 0 Å². The highest BCUT2D eigenvalue weighted by atomic mass is 16.6. The van der Waals surface area contributed by atoms with Crippen LogP contribution in [0.3, 0.4) is 0 Å². The van der Waals surface area contributed by atoms with Crippen molar-refractivity contribution in [3.8, 4) is 0 Å². The zero-order valence-electron chi connectivity index (χ0n) is 11.8. The number of amides is 2. The van der Waals surface area contributed by atoms with Crippen molar-refractivity contribution in [2.24, 2.45) is 5.10 Å². The molecule has 0 aliphatic carbocycles. The Hall–Kier alpha value is -3.55. The number of nitrogens with one attached hydrogen (secondary N) is 2. The van der Waals surface area contributed by atoms with Gasteiger partial charge >= 0.3 is 11.8 Å². The number of nitro groups is 1. The monoisotopic (exact) mass is 312 g/mol. The average Bonchev–Trinajstić information content (AvgIpc) is 2.56. The number of hydrogen-bond donors (Lipinski definition) is 2. The molecule has 2 aromatic carbocycles. The molecule has 23 heavy (non-hydrogen) atoms. The molecule has 0 saturated carbocycles. The molecule has 2 rings (SSSR count). The van der Waals surface area contributed by atoms with Gasteiger partial charge in [-0.1, -0.05) is 30.3 Å². The maximum atomic E-state index is 11.6. The van der Waals surface area contributed by atoms with E-state index in [4.69, 9.17) is 0 Å². The number of non-ortho nitro benzene ring substituents is 1. The van der Waals surface area contributed by atoms with Gasteiger partial charge in [-0.15, -0.1) is 0 Å². The second-order valence-corrected chi connectivity index (χ2v) is 4.37. The van der Waals surface area contributed by atoms with E-state index in [9.17, 15) is 19.7 Å². The number of nitro benzene ring substituents is 1. The van der Waals surface area contributed by atoms with Crippen molar-refractivity contribution in [3.63, 3.8) is 0 Å². The lowest BCUT2D eigenvalue weighted by Crippen LogP contribution is -2.32. The van der Waals surface area contributed by atoms with Crippen LogP contribution >= 0.6 is 0 Å². The summed E-state index contributed by atoms with van der Waals surface area (Å²) in [4.78, 5) is 33.3. The van der Waals surface area contributed by atoms with Crippen LogP contribution in [0.1, 0.15) is 5.56 Å². The fourth-order valence-electron chi connectivity index (χ4n) is 1.64. The molecule has 0 aromatic heterocycles. The first-order valence-corrected chi connectivity index (χ1v) is 6.50. The minimum atomic E-state index is -0.949. The van der Waals surface area contributed by atoms with Gasteiger partial charge in [-0.25, -0.2) is 5.43 Å². The first kappa shape index (κ1) is 15.8. The Morgan fingerprint density at radius 3 is 2.48 bits per heavy atom. The fourth-order valence-corrected chi connectivity index (χ4v) is 1.64. The molecule has 0 unspecified atom stereocenters. The summed E-state index contributed by atoms with van der Waals surface area (Å²) in [6, 6.07) is 14.2. The lowest BCUT2D eigenvalue weighted by atomic mass is 10.2. The quantitative estimate of drug-likeness (QED) is 0.387. The third kappa shape index (κ3) is 4.74. The van der Waals surface area contributed by atoms with Crippen LogP contribution < -0.4 is 10.7 Å². The summed E-state index contributed by atoms with van der Waals surface area (Å²) in [5.41, 5.74) is 2.85. The third-order valence-corrected chi connectivity index (χ3v) is 2.70. The van der Waals surface area contributed by atoms with Gasteiger partial charge < -0.3 is 5.32 Å². The summed E-state index contributed by atoms with van der Waals surface area (Å²) in [6.45, 7) is 0. The number of rotatable bonds is 4. The van der Waals surface area contributed by atoms with Gasteiger partial charge in [0, 0.05) is 23.4 Å². The minimum Gasteiger partial charge on any atom is -0.318 e. The summed E-state index contributed by atoms with van der Waals surface area (Å²) >= 11 is 0. The molecule has 2 N–H and O–H groups in total. The molecule has 8 heteroatoms. The van der Waals surface area contributed by atoms with E-state index < -0.39 is 16.7 Å². The number of hydrogen-bond acceptors (Lipinski definition) is 5. The van der Waals surface area contributed by atoms with Crippen molar-refractivity contribution in [1.82, 2.24) is 5.43 Å². The maximum Gasteiger partial charge on any atom is 0.329 e. The molecule has 0 saturated heterocycles. The van der Waals surface area contributed by atoms with Crippen LogP contribution in [-0.2, 0) is 9.59 Å². The van der Waals surface area contributed by atoms with E-state index >= 15 is 0 Å². The number of nitrogens with zero attached hydrogens (tertiary/aromatic N) is 2. The Kier molecular flexibility index (Phi) is 5.13. The van der Waals surface area contributed by atoms with E-state index in [0.29, 0.717) is 11.3 Å². The first-order valence-electron chi connectivity index (χ1n) is 6.50. The molecule has 0 radical (unpaired) electrons. The topological polar surface area (TPSA) is 114 Å². The molecule has 0 spiro atoms. The van der Waals surface area contributed by atoms with Gasteiger partial charge in [-0.2, -0.15) is 5.10 Å². The van der Waals surface area contributed by atoms with E-state index in [0.717, 1.165) is 0 Å². The Labute approximate surface area is 131 Å². The number of carbonyl (C=O) groups excluding carboxylic acids is 2. The van der Waals surface area contributed by atoms with E-state index in [-0.39, 0.29) is 5.69 Å². The molecule has 2 amide bonds. The van der Waals surface area contributed by atoms with Crippen molar-refractivity contribution in [1.29, 1.82) is 0 Å². The molecule has 0 fully saturated rings. The molecule has 8 nitrogen and oxygen atoms in total. The van der Waals surface area contributed by atoms with Crippen LogP contribution in [0.4, 0.5) is 11.4 Å². The minimum absolute atomic E-state index is 0.0953. The highest BCUT2D eigenvalue weighted by Crippen LogP contribution is 2.11. The number of anilines is 1. The third-order valence-electron chi connectivity index (χ3n) is 2.70. The Morgan fingerprint density at radius 2 is 1.78 bits per heavy atom. The predicted molar refractivity (Wildman–Crippen MR) is 83.9 cm³/mol. The molecular weight excluding hydrogens is 300 g/mol. The zero-order chi connectivity index (χ0) is 16.7. The predicted octanol–water partition coefficient (Wildman–Crippen LogP) is 1.68. The lowest BCUT2D eigenvalue weighted by Gasteiger charge is -2.02. The summed E-state index contributed by atoms with van der Waals surface area (Å²) in [5.74, 6) is -1.82. The van der Waals surface area contributed by atoms with Crippen LogP contribution in [0.15, 0.2) is 59.7 Å². The van der Waals surface area contributed by atoms with Gasteiger partial charge in [0.1, 0.15) is 0 Å². The van der Waals surface area contributed by atoms with Gasteiger partial charge in [0.05, 0.1) is 11.1 Å². The van der Waals surface area contributed by atoms with Gasteiger partial charge in [0.15, 0.2) is 0 Å². The van der Waals surface area contributed by atoms with Crippen LogP contribution in [0.2, 0.25) is 0 Å². The zero-order valence-corrected chi connectivity index (χ0v) is 11.8. The normalized spacial score (nSPS) is 10.3. The molecule has 0 bridgehead atoms. The highest BCUT2D eigenvalue weighted by molar-refractivity contribution is 6.39. The molecule has 116 valence electrons. The van der Waals surface area contributed by atoms with Crippen LogP contribution in [0, 0.1) is 10.1 Å². The second kappa shape index (κ2) is 7.46. The number of carbonyl (C=O) groups is 2. The summed E-state index contributed by atoms with van der Waals surface area (Å²) < 4.78 is 0. The standard InChI is InChI=1S/C15H12N4O4/c20-14(17-12-6-2-1-3-7-12)15(21)18-16-10-11-5-4-8-13(9-11)19(22)23/h1-10H,(H,17,20)(H,18,21). The Balaban J connectivity index is 1.92. The summed E-state index contributed by atoms with van der Waals surface area (Å²) in [7, 11) is 0.